The fraction of sp³-hybridized carbons (Fsp3) is 0.200. The van der Waals surface area contributed by atoms with Gasteiger partial charge in [0.25, 0.3) is 0 Å². The Hall–Kier alpha value is -3.75. The van der Waals surface area contributed by atoms with Crippen molar-refractivity contribution < 1.29 is 13.6 Å². The number of nitrogens with zero attached hydrogens (tertiary/aromatic N) is 4. The molecule has 2 N–H and O–H groups in total. The van der Waals surface area contributed by atoms with Crippen molar-refractivity contribution >= 4 is 17.4 Å². The number of aryl methyl sites for hydroxylation is 1. The molecule has 0 aliphatic carbocycles. The molecule has 4 aromatic rings. The van der Waals surface area contributed by atoms with Crippen LogP contribution in [0.15, 0.2) is 59.2 Å². The number of fused-ring (bicyclic) bond motifs is 1. The lowest BCUT2D eigenvalue weighted by atomic mass is 10.2. The van der Waals surface area contributed by atoms with Crippen LogP contribution in [-0.4, -0.2) is 25.7 Å². The first-order valence-electron chi connectivity index (χ1n) is 9.16. The summed E-state index contributed by atoms with van der Waals surface area (Å²) in [5, 5.41) is 18.7. The first kappa shape index (κ1) is 18.6. The van der Waals surface area contributed by atoms with Gasteiger partial charge in [-0.25, -0.2) is 4.39 Å². The molecule has 0 saturated heterocycles. The smallest absolute Gasteiger partial charge is 0.220 e. The molecule has 8 nitrogen and oxygen atoms in total. The van der Waals surface area contributed by atoms with Crippen molar-refractivity contribution in [3.8, 4) is 0 Å². The van der Waals surface area contributed by atoms with Gasteiger partial charge in [-0.15, -0.1) is 15.3 Å². The number of furan rings is 1. The van der Waals surface area contributed by atoms with E-state index >= 15 is 0 Å². The van der Waals surface area contributed by atoms with Crippen molar-refractivity contribution in [2.45, 2.75) is 25.9 Å². The highest BCUT2D eigenvalue weighted by Gasteiger charge is 2.10. The van der Waals surface area contributed by atoms with Gasteiger partial charge in [-0.1, -0.05) is 12.1 Å². The molecule has 0 fully saturated rings. The second-order valence-electron chi connectivity index (χ2n) is 6.44. The minimum Gasteiger partial charge on any atom is -0.467 e. The number of nitrogens with one attached hydrogen (secondary N) is 2. The zero-order valence-electron chi connectivity index (χ0n) is 15.5. The standard InChI is InChI=1S/C20H19FN6O2/c21-15-5-3-14(4-6-15)12-23-20(28)10-9-19-25-24-18-8-7-17(26-27(18)19)22-13-16-2-1-11-29-16/h1-8,11H,9-10,12-13H2,(H,22,26)(H,23,28). The summed E-state index contributed by atoms with van der Waals surface area (Å²) in [4.78, 5) is 12.1. The Kier molecular flexibility index (Phi) is 5.46. The van der Waals surface area contributed by atoms with E-state index in [2.05, 4.69) is 25.9 Å². The number of anilines is 1. The Morgan fingerprint density at radius 2 is 1.93 bits per heavy atom. The van der Waals surface area contributed by atoms with E-state index in [9.17, 15) is 9.18 Å². The molecule has 4 rings (SSSR count). The molecular formula is C20H19FN6O2. The monoisotopic (exact) mass is 394 g/mol. The molecule has 0 radical (unpaired) electrons. The zero-order chi connectivity index (χ0) is 20.1. The number of halogens is 1. The summed E-state index contributed by atoms with van der Waals surface area (Å²) in [6.07, 6.45) is 2.26. The van der Waals surface area contributed by atoms with Gasteiger partial charge in [-0.3, -0.25) is 4.79 Å². The lowest BCUT2D eigenvalue weighted by Gasteiger charge is -2.06. The maximum atomic E-state index is 12.9. The molecule has 3 aromatic heterocycles. The Morgan fingerprint density at radius 3 is 2.72 bits per heavy atom. The van der Waals surface area contributed by atoms with E-state index in [-0.39, 0.29) is 18.1 Å². The number of rotatable bonds is 8. The normalized spacial score (nSPS) is 10.9. The van der Waals surface area contributed by atoms with Crippen molar-refractivity contribution in [1.82, 2.24) is 25.1 Å². The molecule has 0 spiro atoms. The van der Waals surface area contributed by atoms with E-state index in [0.717, 1.165) is 11.3 Å². The van der Waals surface area contributed by atoms with Gasteiger partial charge in [0.2, 0.25) is 5.91 Å². The van der Waals surface area contributed by atoms with E-state index in [1.54, 1.807) is 22.9 Å². The van der Waals surface area contributed by atoms with Gasteiger partial charge < -0.3 is 15.1 Å². The molecule has 0 saturated carbocycles. The fourth-order valence-corrected chi connectivity index (χ4v) is 2.79. The summed E-state index contributed by atoms with van der Waals surface area (Å²) in [6, 6.07) is 13.3. The molecule has 1 amide bonds. The summed E-state index contributed by atoms with van der Waals surface area (Å²) in [6.45, 7) is 0.855. The lowest BCUT2D eigenvalue weighted by molar-refractivity contribution is -0.121. The maximum Gasteiger partial charge on any atom is 0.220 e. The number of benzene rings is 1. The molecule has 0 aliphatic rings. The van der Waals surface area contributed by atoms with Crippen LogP contribution >= 0.6 is 0 Å². The van der Waals surface area contributed by atoms with E-state index in [0.29, 0.717) is 36.8 Å². The second-order valence-corrected chi connectivity index (χ2v) is 6.44. The Labute approximate surface area is 165 Å². The third-order valence-electron chi connectivity index (χ3n) is 4.33. The average Bonchev–Trinajstić information content (AvgIpc) is 3.40. The Bertz CT molecular complexity index is 1090. The maximum absolute atomic E-state index is 12.9. The van der Waals surface area contributed by atoms with Crippen molar-refractivity contribution in [2.75, 3.05) is 5.32 Å². The molecular weight excluding hydrogens is 375 g/mol. The minimum atomic E-state index is -0.302. The average molecular weight is 394 g/mol. The Morgan fingerprint density at radius 1 is 1.07 bits per heavy atom. The number of amides is 1. The van der Waals surface area contributed by atoms with Crippen LogP contribution in [-0.2, 0) is 24.3 Å². The predicted octanol–water partition coefficient (Wildman–Crippen LogP) is 2.72. The molecule has 3 heterocycles. The number of hydrogen-bond donors (Lipinski definition) is 2. The van der Waals surface area contributed by atoms with Crippen LogP contribution in [0.2, 0.25) is 0 Å². The highest BCUT2D eigenvalue weighted by molar-refractivity contribution is 5.76. The highest BCUT2D eigenvalue weighted by Crippen LogP contribution is 2.10. The van der Waals surface area contributed by atoms with Gasteiger partial charge >= 0.3 is 0 Å². The lowest BCUT2D eigenvalue weighted by Crippen LogP contribution is -2.23. The first-order chi connectivity index (χ1) is 14.2. The topological polar surface area (TPSA) is 97.4 Å². The zero-order valence-corrected chi connectivity index (χ0v) is 15.5. The van der Waals surface area contributed by atoms with Crippen molar-refractivity contribution in [2.24, 2.45) is 0 Å². The number of carbonyl (C=O) groups is 1. The second kappa shape index (κ2) is 8.51. The summed E-state index contributed by atoms with van der Waals surface area (Å²) in [5.74, 6) is 1.62. The fourth-order valence-electron chi connectivity index (χ4n) is 2.79. The van der Waals surface area contributed by atoms with Gasteiger partial charge in [0.15, 0.2) is 11.5 Å². The van der Waals surface area contributed by atoms with Crippen molar-refractivity contribution in [1.29, 1.82) is 0 Å². The highest BCUT2D eigenvalue weighted by atomic mass is 19.1. The van der Waals surface area contributed by atoms with Crippen LogP contribution in [0.5, 0.6) is 0 Å². The van der Waals surface area contributed by atoms with E-state index in [1.807, 2.05) is 24.3 Å². The molecule has 1 aromatic carbocycles. The number of aromatic nitrogens is 4. The SMILES string of the molecule is O=C(CCc1nnc2ccc(NCc3ccco3)nn12)NCc1ccc(F)cc1. The van der Waals surface area contributed by atoms with Gasteiger partial charge in [0.1, 0.15) is 17.4 Å². The van der Waals surface area contributed by atoms with Crippen LogP contribution in [0.4, 0.5) is 10.2 Å². The molecule has 0 aliphatic heterocycles. The number of carbonyl (C=O) groups excluding carboxylic acids is 1. The quantitative estimate of drug-likeness (QED) is 0.477. The third-order valence-corrected chi connectivity index (χ3v) is 4.33. The number of hydrogen-bond acceptors (Lipinski definition) is 6. The van der Waals surface area contributed by atoms with Crippen molar-refractivity contribution in [3.05, 3.63) is 77.8 Å². The molecule has 0 unspecified atom stereocenters. The summed E-state index contributed by atoms with van der Waals surface area (Å²) < 4.78 is 19.8. The van der Waals surface area contributed by atoms with Gasteiger partial charge in [0.05, 0.1) is 12.8 Å². The summed E-state index contributed by atoms with van der Waals surface area (Å²) >= 11 is 0. The Balaban J connectivity index is 1.34. The molecule has 29 heavy (non-hydrogen) atoms. The van der Waals surface area contributed by atoms with Gasteiger partial charge in [0, 0.05) is 19.4 Å². The molecule has 0 atom stereocenters. The van der Waals surface area contributed by atoms with Crippen LogP contribution < -0.4 is 10.6 Å². The molecule has 9 heteroatoms. The summed E-state index contributed by atoms with van der Waals surface area (Å²) in [5.41, 5.74) is 1.44. The molecule has 148 valence electrons. The third kappa shape index (κ3) is 4.75. The van der Waals surface area contributed by atoms with Crippen molar-refractivity contribution in [3.63, 3.8) is 0 Å². The van der Waals surface area contributed by atoms with Gasteiger partial charge in [-0.2, -0.15) is 4.52 Å². The van der Waals surface area contributed by atoms with Crippen LogP contribution in [0.1, 0.15) is 23.6 Å². The van der Waals surface area contributed by atoms with E-state index < -0.39 is 0 Å². The van der Waals surface area contributed by atoms with Crippen LogP contribution in [0.25, 0.3) is 5.65 Å². The predicted molar refractivity (Wildman–Crippen MR) is 103 cm³/mol. The van der Waals surface area contributed by atoms with Crippen LogP contribution in [0.3, 0.4) is 0 Å². The van der Waals surface area contributed by atoms with Gasteiger partial charge in [-0.05, 0) is 42.0 Å². The minimum absolute atomic E-state index is 0.127. The summed E-state index contributed by atoms with van der Waals surface area (Å²) in [7, 11) is 0. The first-order valence-corrected chi connectivity index (χ1v) is 9.16. The largest absolute Gasteiger partial charge is 0.467 e. The van der Waals surface area contributed by atoms with Crippen LogP contribution in [0, 0.1) is 5.82 Å². The van der Waals surface area contributed by atoms with E-state index in [4.69, 9.17) is 4.42 Å². The van der Waals surface area contributed by atoms with E-state index in [1.165, 1.54) is 12.1 Å². The molecule has 0 bridgehead atoms.